The summed E-state index contributed by atoms with van der Waals surface area (Å²) in [7, 11) is 1.40. The Kier molecular flexibility index (Phi) is 3.92. The van der Waals surface area contributed by atoms with Crippen molar-refractivity contribution in [3.8, 4) is 0 Å². The van der Waals surface area contributed by atoms with Crippen LogP contribution in [0.3, 0.4) is 0 Å². The quantitative estimate of drug-likeness (QED) is 0.842. The number of hydrogen-bond donors (Lipinski definition) is 1. The molecule has 1 N–H and O–H groups in total. The number of carbonyl (C=O) groups excluding carboxylic acids is 1. The number of ether oxygens (including phenoxy) is 1. The van der Waals surface area contributed by atoms with Gasteiger partial charge in [-0.25, -0.2) is 0 Å². The van der Waals surface area contributed by atoms with Crippen LogP contribution in [0.2, 0.25) is 10.0 Å². The maximum Gasteiger partial charge on any atom is 0.310 e. The van der Waals surface area contributed by atoms with Crippen LogP contribution >= 0.6 is 23.2 Å². The third-order valence-corrected chi connectivity index (χ3v) is 3.64. The van der Waals surface area contributed by atoms with Crippen LogP contribution in [0.5, 0.6) is 0 Å². The second kappa shape index (κ2) is 5.25. The van der Waals surface area contributed by atoms with Gasteiger partial charge in [0, 0.05) is 29.1 Å². The predicted octanol–water partition coefficient (Wildman–Crippen LogP) is 2.47. The summed E-state index contributed by atoms with van der Waals surface area (Å²) >= 11 is 12.0. The molecule has 0 aliphatic carbocycles. The van der Waals surface area contributed by atoms with Crippen molar-refractivity contribution in [3.05, 3.63) is 33.8 Å². The Labute approximate surface area is 110 Å². The van der Waals surface area contributed by atoms with Crippen LogP contribution in [0.4, 0.5) is 0 Å². The lowest BCUT2D eigenvalue weighted by Crippen LogP contribution is -2.23. The molecule has 0 amide bonds. The van der Waals surface area contributed by atoms with Crippen LogP contribution in [0.1, 0.15) is 11.5 Å². The van der Waals surface area contributed by atoms with Gasteiger partial charge in [0.25, 0.3) is 0 Å². The van der Waals surface area contributed by atoms with Gasteiger partial charge >= 0.3 is 5.97 Å². The maximum atomic E-state index is 11.6. The van der Waals surface area contributed by atoms with Gasteiger partial charge in [0.15, 0.2) is 0 Å². The Balaban J connectivity index is 2.29. The van der Waals surface area contributed by atoms with E-state index in [1.54, 1.807) is 12.1 Å². The topological polar surface area (TPSA) is 38.3 Å². The van der Waals surface area contributed by atoms with Crippen LogP contribution in [-0.4, -0.2) is 26.2 Å². The van der Waals surface area contributed by atoms with E-state index in [0.29, 0.717) is 16.6 Å². The van der Waals surface area contributed by atoms with E-state index in [2.05, 4.69) is 5.32 Å². The van der Waals surface area contributed by atoms with Crippen molar-refractivity contribution >= 4 is 29.2 Å². The fraction of sp³-hybridized carbons (Fsp3) is 0.417. The first-order valence-electron chi connectivity index (χ1n) is 5.37. The second-order valence-electron chi connectivity index (χ2n) is 4.06. The smallest absolute Gasteiger partial charge is 0.310 e. The molecule has 2 rings (SSSR count). The number of nitrogens with one attached hydrogen (secondary N) is 1. The van der Waals surface area contributed by atoms with E-state index in [-0.39, 0.29) is 17.8 Å². The van der Waals surface area contributed by atoms with Gasteiger partial charge in [-0.3, -0.25) is 4.79 Å². The average Bonchev–Trinajstić information content (AvgIpc) is 2.77. The minimum Gasteiger partial charge on any atom is -0.469 e. The first kappa shape index (κ1) is 12.7. The van der Waals surface area contributed by atoms with E-state index in [1.165, 1.54) is 7.11 Å². The highest BCUT2D eigenvalue weighted by Crippen LogP contribution is 2.34. The fourth-order valence-electron chi connectivity index (χ4n) is 2.21. The van der Waals surface area contributed by atoms with Crippen molar-refractivity contribution in [2.45, 2.75) is 5.92 Å². The number of esters is 1. The molecule has 0 saturated carbocycles. The highest BCUT2D eigenvalue weighted by atomic mass is 35.5. The molecule has 5 heteroatoms. The fourth-order valence-corrected chi connectivity index (χ4v) is 2.76. The number of hydrogen-bond acceptors (Lipinski definition) is 3. The molecule has 3 nitrogen and oxygen atoms in total. The third kappa shape index (κ3) is 2.57. The van der Waals surface area contributed by atoms with Crippen LogP contribution in [0.25, 0.3) is 0 Å². The van der Waals surface area contributed by atoms with Crippen LogP contribution in [0, 0.1) is 5.92 Å². The largest absolute Gasteiger partial charge is 0.469 e. The Hall–Kier alpha value is -0.770. The molecule has 2 atom stereocenters. The number of methoxy groups -OCH3 is 1. The molecule has 1 saturated heterocycles. The molecule has 92 valence electrons. The normalized spacial score (nSPS) is 23.7. The van der Waals surface area contributed by atoms with Gasteiger partial charge in [0.05, 0.1) is 13.0 Å². The van der Waals surface area contributed by atoms with E-state index in [4.69, 9.17) is 27.9 Å². The highest BCUT2D eigenvalue weighted by molar-refractivity contribution is 6.35. The van der Waals surface area contributed by atoms with Gasteiger partial charge in [-0.1, -0.05) is 29.3 Å². The third-order valence-electron chi connectivity index (χ3n) is 3.08. The maximum absolute atomic E-state index is 11.6. The zero-order valence-corrected chi connectivity index (χ0v) is 10.9. The molecule has 1 aromatic carbocycles. The summed E-state index contributed by atoms with van der Waals surface area (Å²) in [6, 6.07) is 5.36. The molecule has 1 aromatic rings. The Morgan fingerprint density at radius 1 is 1.41 bits per heavy atom. The Morgan fingerprint density at radius 3 is 2.82 bits per heavy atom. The molecule has 0 unspecified atom stereocenters. The Bertz CT molecular complexity index is 437. The van der Waals surface area contributed by atoms with Gasteiger partial charge in [0.2, 0.25) is 0 Å². The van der Waals surface area contributed by atoms with E-state index in [1.807, 2.05) is 6.07 Å². The number of rotatable bonds is 2. The highest BCUT2D eigenvalue weighted by Gasteiger charge is 2.35. The summed E-state index contributed by atoms with van der Waals surface area (Å²) in [5.41, 5.74) is 0.941. The predicted molar refractivity (Wildman–Crippen MR) is 67.6 cm³/mol. The molecule has 0 radical (unpaired) electrons. The molecule has 1 aliphatic heterocycles. The van der Waals surface area contributed by atoms with Crippen molar-refractivity contribution in [2.75, 3.05) is 20.2 Å². The molecule has 17 heavy (non-hydrogen) atoms. The first-order chi connectivity index (χ1) is 8.13. The van der Waals surface area contributed by atoms with Crippen LogP contribution in [0.15, 0.2) is 18.2 Å². The van der Waals surface area contributed by atoms with Crippen molar-refractivity contribution in [1.29, 1.82) is 0 Å². The summed E-state index contributed by atoms with van der Waals surface area (Å²) < 4.78 is 4.80. The summed E-state index contributed by atoms with van der Waals surface area (Å²) in [6.07, 6.45) is 0. The summed E-state index contributed by atoms with van der Waals surface area (Å²) in [5.74, 6) is -0.336. The minimum absolute atomic E-state index is 0.0483. The molecule has 1 heterocycles. The van der Waals surface area contributed by atoms with Gasteiger partial charge in [0.1, 0.15) is 0 Å². The first-order valence-corrected chi connectivity index (χ1v) is 6.12. The van der Waals surface area contributed by atoms with E-state index >= 15 is 0 Å². The molecular weight excluding hydrogens is 261 g/mol. The van der Waals surface area contributed by atoms with E-state index in [9.17, 15) is 4.79 Å². The number of benzene rings is 1. The summed E-state index contributed by atoms with van der Waals surface area (Å²) in [4.78, 5) is 11.6. The SMILES string of the molecule is COC(=O)[C@@H]1CNC[C@H]1c1ccc(Cl)cc1Cl. The van der Waals surface area contributed by atoms with Crippen LogP contribution < -0.4 is 5.32 Å². The second-order valence-corrected chi connectivity index (χ2v) is 4.90. The molecule has 1 fully saturated rings. The van der Waals surface area contributed by atoms with Crippen molar-refractivity contribution in [3.63, 3.8) is 0 Å². The molecule has 0 aromatic heterocycles. The molecule has 0 spiro atoms. The van der Waals surface area contributed by atoms with Crippen LogP contribution in [-0.2, 0) is 9.53 Å². The summed E-state index contributed by atoms with van der Waals surface area (Å²) in [6.45, 7) is 1.34. The Morgan fingerprint density at radius 2 is 2.18 bits per heavy atom. The standard InChI is InChI=1S/C12H13Cl2NO2/c1-17-12(16)10-6-15-5-9(10)8-3-2-7(13)4-11(8)14/h2-4,9-10,15H,5-6H2,1H3/t9-,10+/m0/s1. The number of halogens is 2. The lowest BCUT2D eigenvalue weighted by molar-refractivity contribution is -0.145. The van der Waals surface area contributed by atoms with E-state index in [0.717, 1.165) is 12.1 Å². The summed E-state index contributed by atoms with van der Waals surface area (Å²) in [5, 5.41) is 4.38. The monoisotopic (exact) mass is 273 g/mol. The lowest BCUT2D eigenvalue weighted by atomic mass is 9.89. The lowest BCUT2D eigenvalue weighted by Gasteiger charge is -2.18. The van der Waals surface area contributed by atoms with E-state index < -0.39 is 0 Å². The van der Waals surface area contributed by atoms with Crippen molar-refractivity contribution in [1.82, 2.24) is 5.32 Å². The van der Waals surface area contributed by atoms with Crippen molar-refractivity contribution < 1.29 is 9.53 Å². The van der Waals surface area contributed by atoms with Gasteiger partial charge in [-0.05, 0) is 17.7 Å². The zero-order valence-electron chi connectivity index (χ0n) is 9.37. The molecule has 0 bridgehead atoms. The minimum atomic E-state index is -0.203. The van der Waals surface area contributed by atoms with Gasteiger partial charge in [-0.15, -0.1) is 0 Å². The zero-order chi connectivity index (χ0) is 12.4. The van der Waals surface area contributed by atoms with Crippen molar-refractivity contribution in [2.24, 2.45) is 5.92 Å². The van der Waals surface area contributed by atoms with Gasteiger partial charge in [-0.2, -0.15) is 0 Å². The molecular formula is C12H13Cl2NO2. The van der Waals surface area contributed by atoms with Gasteiger partial charge < -0.3 is 10.1 Å². The number of carbonyl (C=O) groups is 1. The molecule has 1 aliphatic rings. The average molecular weight is 274 g/mol.